The van der Waals surface area contributed by atoms with E-state index in [0.29, 0.717) is 18.9 Å². The molecule has 0 spiro atoms. The lowest BCUT2D eigenvalue weighted by Crippen LogP contribution is -2.19. The normalized spacial score (nSPS) is 12.0. The molecule has 0 fully saturated rings. The first kappa shape index (κ1) is 22.7. The number of phenols is 2. The van der Waals surface area contributed by atoms with E-state index < -0.39 is 0 Å². The predicted molar refractivity (Wildman–Crippen MR) is 128 cm³/mol. The second-order valence-corrected chi connectivity index (χ2v) is 7.94. The van der Waals surface area contributed by atoms with E-state index in [1.165, 1.54) is 0 Å². The van der Waals surface area contributed by atoms with Crippen molar-refractivity contribution < 1.29 is 14.9 Å². The first-order valence-electron chi connectivity index (χ1n) is 10.2. The summed E-state index contributed by atoms with van der Waals surface area (Å²) in [7, 11) is 4.03. The molecule has 0 bridgehead atoms. The Morgan fingerprint density at radius 3 is 1.74 bits per heavy atom. The van der Waals surface area contributed by atoms with Crippen molar-refractivity contribution in [3.8, 4) is 17.2 Å². The van der Waals surface area contributed by atoms with Crippen molar-refractivity contribution in [1.29, 1.82) is 0 Å². The Morgan fingerprint density at radius 1 is 0.774 bits per heavy atom. The zero-order chi connectivity index (χ0) is 22.2. The summed E-state index contributed by atoms with van der Waals surface area (Å²) in [6.45, 7) is 1.47. The summed E-state index contributed by atoms with van der Waals surface area (Å²) < 4.78 is 5.84. The highest BCUT2D eigenvalue weighted by atomic mass is 35.5. The number of nitrogens with zero attached hydrogens (tertiary/aromatic N) is 1. The summed E-state index contributed by atoms with van der Waals surface area (Å²) >= 11 is 6.18. The molecule has 0 saturated heterocycles. The van der Waals surface area contributed by atoms with Crippen LogP contribution in [0.2, 0.25) is 0 Å². The third kappa shape index (κ3) is 6.27. The van der Waals surface area contributed by atoms with Crippen molar-refractivity contribution in [3.05, 3.63) is 89.5 Å². The Hall–Kier alpha value is -2.95. The molecule has 162 valence electrons. The molecule has 0 aliphatic rings. The van der Waals surface area contributed by atoms with Crippen LogP contribution in [0.1, 0.15) is 23.1 Å². The maximum absolute atomic E-state index is 9.77. The number of rotatable bonds is 9. The number of alkyl halides is 1. The molecule has 5 heteroatoms. The summed E-state index contributed by atoms with van der Waals surface area (Å²) in [5.74, 6) is 1.72. The number of hydrogen-bond donors (Lipinski definition) is 2. The molecule has 0 unspecified atom stereocenters. The topological polar surface area (TPSA) is 52.9 Å². The fourth-order valence-corrected chi connectivity index (χ4v) is 3.57. The van der Waals surface area contributed by atoms with Gasteiger partial charge in [0.1, 0.15) is 23.9 Å². The molecule has 3 rings (SSSR count). The third-order valence-electron chi connectivity index (χ3n) is 4.97. The molecular formula is C26H28ClNO3. The number of halogens is 1. The van der Waals surface area contributed by atoms with Gasteiger partial charge in [-0.1, -0.05) is 36.4 Å². The molecule has 2 N–H and O–H groups in total. The van der Waals surface area contributed by atoms with Gasteiger partial charge in [0.25, 0.3) is 0 Å². The van der Waals surface area contributed by atoms with E-state index in [-0.39, 0.29) is 11.5 Å². The molecule has 0 aliphatic heterocycles. The van der Waals surface area contributed by atoms with Gasteiger partial charge < -0.3 is 19.8 Å². The number of likely N-dealkylation sites (N-methyl/N-ethyl adjacent to an activating group) is 1. The van der Waals surface area contributed by atoms with Crippen LogP contribution in [0.4, 0.5) is 0 Å². The Bertz CT molecular complexity index is 994. The third-order valence-corrected chi connectivity index (χ3v) is 5.16. The van der Waals surface area contributed by atoms with Crippen molar-refractivity contribution in [2.24, 2.45) is 0 Å². The lowest BCUT2D eigenvalue weighted by atomic mass is 9.88. The van der Waals surface area contributed by atoms with Crippen LogP contribution in [0.25, 0.3) is 11.1 Å². The summed E-state index contributed by atoms with van der Waals surface area (Å²) in [5, 5.41) is 19.5. The molecule has 3 aromatic rings. The van der Waals surface area contributed by atoms with Gasteiger partial charge in [0, 0.05) is 12.4 Å². The van der Waals surface area contributed by atoms with E-state index in [0.717, 1.165) is 40.1 Å². The van der Waals surface area contributed by atoms with E-state index in [1.807, 2.05) is 62.6 Å². The Kier molecular flexibility index (Phi) is 7.99. The molecule has 31 heavy (non-hydrogen) atoms. The highest BCUT2D eigenvalue weighted by Gasteiger charge is 2.14. The van der Waals surface area contributed by atoms with Crippen molar-refractivity contribution in [2.75, 3.05) is 33.1 Å². The van der Waals surface area contributed by atoms with Crippen molar-refractivity contribution >= 4 is 22.7 Å². The summed E-state index contributed by atoms with van der Waals surface area (Å²) in [5.41, 5.74) is 5.10. The molecule has 0 aliphatic carbocycles. The first-order chi connectivity index (χ1) is 15.0. The van der Waals surface area contributed by atoms with Gasteiger partial charge >= 0.3 is 0 Å². The molecule has 0 atom stereocenters. The second-order valence-electron chi connectivity index (χ2n) is 7.56. The number of phenolic OH excluding ortho intramolecular Hbond substituents is 2. The number of aromatic hydroxyl groups is 2. The molecule has 0 saturated carbocycles. The van der Waals surface area contributed by atoms with Gasteiger partial charge in [-0.2, -0.15) is 0 Å². The zero-order valence-electron chi connectivity index (χ0n) is 17.9. The van der Waals surface area contributed by atoms with Crippen LogP contribution in [0.5, 0.6) is 17.2 Å². The fraction of sp³-hybridized carbons (Fsp3) is 0.231. The standard InChI is InChI=1S/C26H28ClNO3/c1-28(2)17-18-31-24-13-7-21(8-14-24)26(20-5-11-23(30)12-6-20)25(15-16-27)19-3-9-22(29)10-4-19/h3-14,29-30H,15-18H2,1-2H3. The highest BCUT2D eigenvalue weighted by Crippen LogP contribution is 2.36. The molecule has 4 nitrogen and oxygen atoms in total. The van der Waals surface area contributed by atoms with Gasteiger partial charge in [-0.3, -0.25) is 0 Å². The van der Waals surface area contributed by atoms with E-state index in [4.69, 9.17) is 16.3 Å². The summed E-state index contributed by atoms with van der Waals surface area (Å²) in [6.07, 6.45) is 0.656. The molecule has 0 heterocycles. The summed E-state index contributed by atoms with van der Waals surface area (Å²) in [6, 6.07) is 22.4. The Morgan fingerprint density at radius 2 is 1.26 bits per heavy atom. The largest absolute Gasteiger partial charge is 0.508 e. The zero-order valence-corrected chi connectivity index (χ0v) is 18.6. The second kappa shape index (κ2) is 10.9. The van der Waals surface area contributed by atoms with E-state index >= 15 is 0 Å². The monoisotopic (exact) mass is 437 g/mol. The minimum Gasteiger partial charge on any atom is -0.508 e. The van der Waals surface area contributed by atoms with Gasteiger partial charge in [0.15, 0.2) is 0 Å². The van der Waals surface area contributed by atoms with Crippen LogP contribution in [-0.2, 0) is 0 Å². The first-order valence-corrected chi connectivity index (χ1v) is 10.8. The Balaban J connectivity index is 2.06. The molecular weight excluding hydrogens is 410 g/mol. The van der Waals surface area contributed by atoms with Crippen LogP contribution >= 0.6 is 11.6 Å². The Labute approximate surface area is 189 Å². The minimum atomic E-state index is 0.219. The van der Waals surface area contributed by atoms with Gasteiger partial charge in [0.2, 0.25) is 0 Å². The molecule has 3 aromatic carbocycles. The van der Waals surface area contributed by atoms with E-state index in [2.05, 4.69) is 4.90 Å². The molecule has 0 radical (unpaired) electrons. The lowest BCUT2D eigenvalue weighted by molar-refractivity contribution is 0.261. The fourth-order valence-electron chi connectivity index (χ4n) is 3.38. The van der Waals surface area contributed by atoms with Gasteiger partial charge in [-0.25, -0.2) is 0 Å². The maximum atomic E-state index is 9.77. The van der Waals surface area contributed by atoms with E-state index in [1.54, 1.807) is 24.3 Å². The average molecular weight is 438 g/mol. The van der Waals surface area contributed by atoms with E-state index in [9.17, 15) is 10.2 Å². The summed E-state index contributed by atoms with van der Waals surface area (Å²) in [4.78, 5) is 2.08. The number of ether oxygens (including phenoxy) is 1. The quantitative estimate of drug-likeness (QED) is 0.336. The smallest absolute Gasteiger partial charge is 0.119 e. The number of benzene rings is 3. The number of allylic oxidation sites excluding steroid dienone is 1. The molecule has 0 aromatic heterocycles. The minimum absolute atomic E-state index is 0.219. The molecule has 0 amide bonds. The van der Waals surface area contributed by atoms with Crippen molar-refractivity contribution in [1.82, 2.24) is 4.90 Å². The lowest BCUT2D eigenvalue weighted by Gasteiger charge is -2.18. The average Bonchev–Trinajstić information content (AvgIpc) is 2.76. The van der Waals surface area contributed by atoms with Crippen molar-refractivity contribution in [2.45, 2.75) is 6.42 Å². The van der Waals surface area contributed by atoms with Gasteiger partial charge in [-0.05, 0) is 84.8 Å². The van der Waals surface area contributed by atoms with Crippen LogP contribution in [0, 0.1) is 0 Å². The predicted octanol–water partition coefficient (Wildman–Crippen LogP) is 5.63. The van der Waals surface area contributed by atoms with Gasteiger partial charge in [-0.15, -0.1) is 11.6 Å². The maximum Gasteiger partial charge on any atom is 0.119 e. The SMILES string of the molecule is CN(C)CCOc1ccc(C(=C(CCCl)c2ccc(O)cc2)c2ccc(O)cc2)cc1. The van der Waals surface area contributed by atoms with Gasteiger partial charge in [0.05, 0.1) is 0 Å². The van der Waals surface area contributed by atoms with Crippen LogP contribution in [-0.4, -0.2) is 48.2 Å². The van der Waals surface area contributed by atoms with Crippen LogP contribution in [0.15, 0.2) is 72.8 Å². The van der Waals surface area contributed by atoms with Crippen LogP contribution < -0.4 is 4.74 Å². The van der Waals surface area contributed by atoms with Crippen LogP contribution in [0.3, 0.4) is 0 Å². The highest BCUT2D eigenvalue weighted by molar-refractivity contribution is 6.18. The number of hydrogen-bond acceptors (Lipinski definition) is 4. The van der Waals surface area contributed by atoms with Crippen molar-refractivity contribution in [3.63, 3.8) is 0 Å².